The van der Waals surface area contributed by atoms with Gasteiger partial charge in [0.05, 0.1) is 0 Å². The first kappa shape index (κ1) is 12.0. The summed E-state index contributed by atoms with van der Waals surface area (Å²) in [7, 11) is 0. The monoisotopic (exact) mass is 228 g/mol. The molecule has 0 spiro atoms. The van der Waals surface area contributed by atoms with Crippen LogP contribution in [-0.4, -0.2) is 12.6 Å². The zero-order chi connectivity index (χ0) is 12.1. The van der Waals surface area contributed by atoms with E-state index in [1.54, 1.807) is 0 Å². The number of rotatable bonds is 5. The van der Waals surface area contributed by atoms with Crippen molar-refractivity contribution in [3.05, 3.63) is 29.3 Å². The molecule has 0 fully saturated rings. The fourth-order valence-corrected chi connectivity index (χ4v) is 2.32. The highest BCUT2D eigenvalue weighted by atomic mass is 14.9. The van der Waals surface area contributed by atoms with E-state index in [9.17, 15) is 0 Å². The molecule has 1 heterocycles. The van der Waals surface area contributed by atoms with Crippen molar-refractivity contribution in [1.29, 1.82) is 0 Å². The van der Waals surface area contributed by atoms with Crippen molar-refractivity contribution < 1.29 is 0 Å². The zero-order valence-corrected chi connectivity index (χ0v) is 10.4. The van der Waals surface area contributed by atoms with Gasteiger partial charge in [-0.1, -0.05) is 25.1 Å². The van der Waals surface area contributed by atoms with Gasteiger partial charge in [0.15, 0.2) is 0 Å². The molecule has 0 radical (unpaired) electrons. The normalized spacial score (nSPS) is 14.8. The molecule has 0 aliphatic carbocycles. The third kappa shape index (κ3) is 2.81. The van der Waals surface area contributed by atoms with Crippen molar-refractivity contribution in [3.8, 4) is 12.3 Å². The van der Waals surface area contributed by atoms with Crippen LogP contribution in [0.25, 0.3) is 0 Å². The maximum Gasteiger partial charge on any atom is 0.0419 e. The van der Waals surface area contributed by atoms with Gasteiger partial charge >= 0.3 is 0 Å². The fraction of sp³-hybridized carbons (Fsp3) is 0.467. The molecule has 17 heavy (non-hydrogen) atoms. The Bertz CT molecular complexity index is 417. The molecule has 0 bridgehead atoms. The van der Waals surface area contributed by atoms with Crippen LogP contribution in [0.1, 0.15) is 30.9 Å². The second kappa shape index (κ2) is 5.75. The first-order valence-electron chi connectivity index (χ1n) is 6.36. The number of fused-ring (bicyclic) bond motifs is 1. The molecular weight excluding hydrogens is 208 g/mol. The second-order valence-electron chi connectivity index (χ2n) is 4.52. The van der Waals surface area contributed by atoms with Gasteiger partial charge in [-0.25, -0.2) is 0 Å². The smallest absolute Gasteiger partial charge is 0.0419 e. The quantitative estimate of drug-likeness (QED) is 0.757. The van der Waals surface area contributed by atoms with Crippen LogP contribution >= 0.6 is 0 Å². The number of benzene rings is 1. The van der Waals surface area contributed by atoms with Crippen LogP contribution in [0.5, 0.6) is 0 Å². The molecule has 2 N–H and O–H groups in total. The summed E-state index contributed by atoms with van der Waals surface area (Å²) >= 11 is 0. The number of hydrogen-bond donors (Lipinski definition) is 2. The van der Waals surface area contributed by atoms with E-state index in [4.69, 9.17) is 6.42 Å². The summed E-state index contributed by atoms with van der Waals surface area (Å²) in [6.07, 6.45) is 8.39. The highest BCUT2D eigenvalue weighted by Gasteiger charge is 2.13. The van der Waals surface area contributed by atoms with Crippen LogP contribution in [0.15, 0.2) is 18.2 Å². The summed E-state index contributed by atoms with van der Waals surface area (Å²) in [6.45, 7) is 4.13. The predicted octanol–water partition coefficient (Wildman–Crippen LogP) is 2.55. The van der Waals surface area contributed by atoms with Gasteiger partial charge in [0.2, 0.25) is 0 Å². The number of nitrogens with one attached hydrogen (secondary N) is 2. The molecule has 0 amide bonds. The second-order valence-corrected chi connectivity index (χ2v) is 4.52. The molecule has 1 aromatic rings. The van der Waals surface area contributed by atoms with E-state index in [0.717, 1.165) is 32.4 Å². The molecule has 0 saturated carbocycles. The van der Waals surface area contributed by atoms with E-state index < -0.39 is 0 Å². The van der Waals surface area contributed by atoms with Crippen molar-refractivity contribution in [3.63, 3.8) is 0 Å². The molecule has 1 aliphatic heterocycles. The van der Waals surface area contributed by atoms with Crippen molar-refractivity contribution >= 4 is 5.69 Å². The Morgan fingerprint density at radius 2 is 2.41 bits per heavy atom. The molecule has 2 nitrogen and oxygen atoms in total. The van der Waals surface area contributed by atoms with Crippen LogP contribution in [0.4, 0.5) is 5.69 Å². The summed E-state index contributed by atoms with van der Waals surface area (Å²) in [5.41, 5.74) is 4.13. The maximum atomic E-state index is 5.36. The van der Waals surface area contributed by atoms with Crippen molar-refractivity contribution in [2.45, 2.75) is 38.8 Å². The van der Waals surface area contributed by atoms with Gasteiger partial charge in [0.1, 0.15) is 0 Å². The van der Waals surface area contributed by atoms with Crippen LogP contribution < -0.4 is 10.6 Å². The lowest BCUT2D eigenvalue weighted by atomic mass is 10.1. The highest BCUT2D eigenvalue weighted by Crippen LogP contribution is 2.26. The van der Waals surface area contributed by atoms with Crippen LogP contribution in [0, 0.1) is 12.3 Å². The topological polar surface area (TPSA) is 24.1 Å². The van der Waals surface area contributed by atoms with E-state index in [2.05, 4.69) is 41.7 Å². The van der Waals surface area contributed by atoms with Gasteiger partial charge in [-0.05, 0) is 24.0 Å². The van der Waals surface area contributed by atoms with Gasteiger partial charge in [0.25, 0.3) is 0 Å². The fourth-order valence-electron chi connectivity index (χ4n) is 2.32. The first-order valence-corrected chi connectivity index (χ1v) is 6.36. The number of terminal acetylenes is 1. The van der Waals surface area contributed by atoms with E-state index in [-0.39, 0.29) is 0 Å². The zero-order valence-electron chi connectivity index (χ0n) is 10.4. The van der Waals surface area contributed by atoms with Gasteiger partial charge in [-0.3, -0.25) is 0 Å². The van der Waals surface area contributed by atoms with Crippen LogP contribution in [0.3, 0.4) is 0 Å². The molecule has 0 aromatic heterocycles. The molecule has 2 rings (SSSR count). The molecule has 1 atom stereocenters. The Kier molecular flexibility index (Phi) is 4.06. The third-order valence-electron chi connectivity index (χ3n) is 3.37. The summed E-state index contributed by atoms with van der Waals surface area (Å²) in [5.74, 6) is 2.73. The number of para-hydroxylation sites is 1. The van der Waals surface area contributed by atoms with Gasteiger partial charge < -0.3 is 10.6 Å². The lowest BCUT2D eigenvalue weighted by molar-refractivity contribution is 0.507. The van der Waals surface area contributed by atoms with Crippen molar-refractivity contribution in [2.24, 2.45) is 0 Å². The van der Waals surface area contributed by atoms with Gasteiger partial charge in [0, 0.05) is 31.2 Å². The van der Waals surface area contributed by atoms with E-state index >= 15 is 0 Å². The lowest BCUT2D eigenvalue weighted by Gasteiger charge is -2.16. The Labute approximate surface area is 104 Å². The minimum Gasteiger partial charge on any atom is -0.384 e. The summed E-state index contributed by atoms with van der Waals surface area (Å²) in [5, 5.41) is 7.00. The molecule has 1 aliphatic rings. The Morgan fingerprint density at radius 3 is 3.18 bits per heavy atom. The van der Waals surface area contributed by atoms with Gasteiger partial charge in [-0.2, -0.15) is 0 Å². The highest BCUT2D eigenvalue weighted by molar-refractivity contribution is 5.61. The minimum atomic E-state index is 0.428. The summed E-state index contributed by atoms with van der Waals surface area (Å²) < 4.78 is 0. The summed E-state index contributed by atoms with van der Waals surface area (Å²) in [4.78, 5) is 0. The molecule has 1 unspecified atom stereocenters. The Hall–Kier alpha value is -1.46. The van der Waals surface area contributed by atoms with Crippen molar-refractivity contribution in [1.82, 2.24) is 5.32 Å². The van der Waals surface area contributed by atoms with Gasteiger partial charge in [-0.15, -0.1) is 12.3 Å². The average Bonchev–Trinajstić information content (AvgIpc) is 2.83. The largest absolute Gasteiger partial charge is 0.384 e. The third-order valence-corrected chi connectivity index (χ3v) is 3.37. The lowest BCUT2D eigenvalue weighted by Crippen LogP contribution is -2.27. The standard InChI is InChI=1S/C15H20N2/c1-3-6-14(4-2)17-11-13-8-5-7-12-9-10-16-15(12)13/h1,5,7-8,14,16-17H,4,6,9-11H2,2H3. The van der Waals surface area contributed by atoms with E-state index in [1.807, 2.05) is 0 Å². The molecule has 2 heteroatoms. The maximum absolute atomic E-state index is 5.36. The number of anilines is 1. The average molecular weight is 228 g/mol. The molecule has 1 aromatic carbocycles. The number of hydrogen-bond acceptors (Lipinski definition) is 2. The first-order chi connectivity index (χ1) is 8.35. The molecular formula is C15H20N2. The summed E-state index contributed by atoms with van der Waals surface area (Å²) in [6, 6.07) is 6.97. The van der Waals surface area contributed by atoms with E-state index in [0.29, 0.717) is 6.04 Å². The SMILES string of the molecule is C#CCC(CC)NCc1cccc2c1NCC2. The van der Waals surface area contributed by atoms with E-state index in [1.165, 1.54) is 16.8 Å². The Morgan fingerprint density at radius 1 is 1.53 bits per heavy atom. The van der Waals surface area contributed by atoms with Crippen molar-refractivity contribution in [2.75, 3.05) is 11.9 Å². The van der Waals surface area contributed by atoms with Crippen LogP contribution in [0.2, 0.25) is 0 Å². The molecule has 90 valence electrons. The minimum absolute atomic E-state index is 0.428. The predicted molar refractivity (Wildman–Crippen MR) is 73.0 cm³/mol. The van der Waals surface area contributed by atoms with Crippen LogP contribution in [-0.2, 0) is 13.0 Å². The Balaban J connectivity index is 2.00. The molecule has 0 saturated heterocycles.